The zero-order valence-corrected chi connectivity index (χ0v) is 14.1. The predicted molar refractivity (Wildman–Crippen MR) is 89.8 cm³/mol. The zero-order valence-electron chi connectivity index (χ0n) is 12.5. The van der Waals surface area contributed by atoms with Crippen LogP contribution >= 0.6 is 15.9 Å². The first-order valence-corrected chi connectivity index (χ1v) is 8.28. The van der Waals surface area contributed by atoms with Crippen molar-refractivity contribution in [2.24, 2.45) is 0 Å². The van der Waals surface area contributed by atoms with Crippen LogP contribution in [0, 0.1) is 0 Å². The van der Waals surface area contributed by atoms with Crippen LogP contribution in [-0.2, 0) is 0 Å². The van der Waals surface area contributed by atoms with Gasteiger partial charge in [0.2, 0.25) is 0 Å². The van der Waals surface area contributed by atoms with Crippen molar-refractivity contribution in [3.05, 3.63) is 64.0 Å². The second-order valence-electron chi connectivity index (χ2n) is 5.93. The van der Waals surface area contributed by atoms with Crippen LogP contribution in [0.2, 0.25) is 0 Å². The molecule has 2 aromatic heterocycles. The zero-order chi connectivity index (χ0) is 15.3. The molecule has 1 aliphatic rings. The number of halogens is 1. The van der Waals surface area contributed by atoms with Crippen molar-refractivity contribution in [3.8, 4) is 0 Å². The number of benzene rings is 1. The molecule has 0 aliphatic carbocycles. The minimum absolute atomic E-state index is 0.199. The van der Waals surface area contributed by atoms with Gasteiger partial charge >= 0.3 is 0 Å². The van der Waals surface area contributed by atoms with Crippen LogP contribution in [0.3, 0.4) is 0 Å². The quantitative estimate of drug-likeness (QED) is 0.716. The van der Waals surface area contributed by atoms with Gasteiger partial charge in [0.1, 0.15) is 0 Å². The lowest BCUT2D eigenvalue weighted by molar-refractivity contribution is 0.376. The molecule has 4 nitrogen and oxygen atoms in total. The van der Waals surface area contributed by atoms with Gasteiger partial charge in [-0.15, -0.1) is 0 Å². The van der Waals surface area contributed by atoms with Gasteiger partial charge in [-0.3, -0.25) is 0 Å². The maximum atomic E-state index is 4.72. The molecule has 3 aromatic rings. The van der Waals surface area contributed by atoms with Crippen LogP contribution in [0.1, 0.15) is 48.7 Å². The average molecular weight is 357 g/mol. The largest absolute Gasteiger partial charge is 0.301 e. The van der Waals surface area contributed by atoms with Crippen molar-refractivity contribution in [1.82, 2.24) is 19.9 Å². The molecule has 3 heterocycles. The van der Waals surface area contributed by atoms with Crippen LogP contribution in [0.5, 0.6) is 0 Å². The summed E-state index contributed by atoms with van der Waals surface area (Å²) in [4.78, 5) is 4.41. The van der Waals surface area contributed by atoms with Gasteiger partial charge in [0, 0.05) is 30.4 Å². The molecule has 1 N–H and O–H groups in total. The highest BCUT2D eigenvalue weighted by atomic mass is 79.9. The molecule has 1 aliphatic heterocycles. The number of nitrogens with one attached hydrogen (secondary N) is 1. The molecule has 0 radical (unpaired) electrons. The Morgan fingerprint density at radius 3 is 2.77 bits per heavy atom. The Kier molecular flexibility index (Phi) is 3.27. The molecule has 0 saturated heterocycles. The normalized spacial score (nSPS) is 24.4. The summed E-state index contributed by atoms with van der Waals surface area (Å²) in [5.74, 6) is 0.376. The monoisotopic (exact) mass is 356 g/mol. The van der Waals surface area contributed by atoms with Gasteiger partial charge in [0.05, 0.1) is 16.2 Å². The molecule has 0 bridgehead atoms. The Morgan fingerprint density at radius 2 is 1.95 bits per heavy atom. The summed E-state index contributed by atoms with van der Waals surface area (Å²) in [6.45, 7) is 4.47. The molecule has 4 rings (SSSR count). The maximum Gasteiger partial charge on any atom is 0.155 e. The Morgan fingerprint density at radius 1 is 1.18 bits per heavy atom. The van der Waals surface area contributed by atoms with E-state index in [4.69, 9.17) is 5.10 Å². The Hall–Kier alpha value is -1.72. The minimum Gasteiger partial charge on any atom is -0.301 e. The predicted octanol–water partition coefficient (Wildman–Crippen LogP) is 4.00. The van der Waals surface area contributed by atoms with Gasteiger partial charge in [-0.1, -0.05) is 31.2 Å². The summed E-state index contributed by atoms with van der Waals surface area (Å²) < 4.78 is 2.76. The smallest absolute Gasteiger partial charge is 0.155 e. The van der Waals surface area contributed by atoms with Crippen LogP contribution in [0.15, 0.2) is 47.2 Å². The number of hydrogen-bond donors (Lipinski definition) is 1. The Balaban J connectivity index is 1.78. The lowest BCUT2D eigenvalue weighted by atomic mass is 9.82. The molecule has 0 saturated carbocycles. The third kappa shape index (κ3) is 2.16. The maximum absolute atomic E-state index is 4.72. The molecule has 22 heavy (non-hydrogen) atoms. The van der Waals surface area contributed by atoms with Gasteiger partial charge in [-0.25, -0.2) is 9.50 Å². The number of aromatic nitrogens is 3. The summed E-state index contributed by atoms with van der Waals surface area (Å²) in [7, 11) is 0. The first-order chi connectivity index (χ1) is 10.6. The van der Waals surface area contributed by atoms with Gasteiger partial charge in [-0.05, 0) is 34.0 Å². The van der Waals surface area contributed by atoms with Gasteiger partial charge in [0.15, 0.2) is 5.65 Å². The second kappa shape index (κ2) is 5.18. The number of hydrogen-bond acceptors (Lipinski definition) is 3. The lowest BCUT2D eigenvalue weighted by Crippen LogP contribution is -2.34. The van der Waals surface area contributed by atoms with Crippen LogP contribution in [0.4, 0.5) is 0 Å². The van der Waals surface area contributed by atoms with Crippen LogP contribution < -0.4 is 5.32 Å². The van der Waals surface area contributed by atoms with E-state index < -0.39 is 0 Å². The van der Waals surface area contributed by atoms with Gasteiger partial charge in [-0.2, -0.15) is 5.10 Å². The summed E-state index contributed by atoms with van der Waals surface area (Å²) in [6.07, 6.45) is 3.74. The SMILES string of the molecule is CC1NC(c2cc3ncc(Br)cn3n2)C(C)c2ccccc21. The molecule has 5 heteroatoms. The first-order valence-electron chi connectivity index (χ1n) is 7.49. The Bertz CT molecular complexity index is 842. The van der Waals surface area contributed by atoms with E-state index in [1.54, 1.807) is 6.20 Å². The van der Waals surface area contributed by atoms with Crippen molar-refractivity contribution < 1.29 is 0 Å². The number of fused-ring (bicyclic) bond motifs is 2. The molecule has 0 fully saturated rings. The molecule has 3 unspecified atom stereocenters. The fraction of sp³-hybridized carbons (Fsp3) is 0.294. The van der Waals surface area contributed by atoms with Crippen LogP contribution in [0.25, 0.3) is 5.65 Å². The Labute approximate surface area is 137 Å². The van der Waals surface area contributed by atoms with Crippen LogP contribution in [-0.4, -0.2) is 14.6 Å². The summed E-state index contributed by atoms with van der Waals surface area (Å²) in [6, 6.07) is 11.3. The van der Waals surface area contributed by atoms with Crippen molar-refractivity contribution >= 4 is 21.6 Å². The highest BCUT2D eigenvalue weighted by Crippen LogP contribution is 2.40. The van der Waals surface area contributed by atoms with Crippen molar-refractivity contribution in [2.75, 3.05) is 0 Å². The molecular formula is C17H17BrN4. The average Bonchev–Trinajstić information content (AvgIpc) is 2.93. The molecule has 3 atom stereocenters. The topological polar surface area (TPSA) is 42.2 Å². The van der Waals surface area contributed by atoms with E-state index >= 15 is 0 Å². The molecule has 112 valence electrons. The van der Waals surface area contributed by atoms with Gasteiger partial charge in [0.25, 0.3) is 0 Å². The third-order valence-corrected chi connectivity index (χ3v) is 4.91. The lowest BCUT2D eigenvalue weighted by Gasteiger charge is -2.35. The third-order valence-electron chi connectivity index (χ3n) is 4.50. The van der Waals surface area contributed by atoms with Crippen molar-refractivity contribution in [3.63, 3.8) is 0 Å². The highest BCUT2D eigenvalue weighted by Gasteiger charge is 2.32. The standard InChI is InChI=1S/C17H17BrN4/c1-10-13-5-3-4-6-14(13)11(2)20-17(10)15-7-16-19-8-12(18)9-22(16)21-15/h3-11,17,20H,1-2H3. The van der Waals surface area contributed by atoms with E-state index in [2.05, 4.69) is 70.4 Å². The molecular weight excluding hydrogens is 340 g/mol. The van der Waals surface area contributed by atoms with E-state index in [1.807, 2.05) is 10.7 Å². The second-order valence-corrected chi connectivity index (χ2v) is 6.84. The summed E-state index contributed by atoms with van der Waals surface area (Å²) in [5, 5.41) is 8.42. The molecule has 0 amide bonds. The fourth-order valence-corrected chi connectivity index (χ4v) is 3.67. The summed E-state index contributed by atoms with van der Waals surface area (Å²) in [5.41, 5.74) is 4.71. The molecule has 0 spiro atoms. The van der Waals surface area contributed by atoms with E-state index in [-0.39, 0.29) is 6.04 Å². The minimum atomic E-state index is 0.199. The summed E-state index contributed by atoms with van der Waals surface area (Å²) >= 11 is 3.44. The van der Waals surface area contributed by atoms with E-state index in [9.17, 15) is 0 Å². The molecule has 1 aromatic carbocycles. The number of nitrogens with zero attached hydrogens (tertiary/aromatic N) is 3. The fourth-order valence-electron chi connectivity index (χ4n) is 3.37. The van der Waals surface area contributed by atoms with E-state index in [0.717, 1.165) is 15.8 Å². The van der Waals surface area contributed by atoms with Crippen molar-refractivity contribution in [2.45, 2.75) is 31.8 Å². The first kappa shape index (κ1) is 13.9. The van der Waals surface area contributed by atoms with Crippen molar-refractivity contribution in [1.29, 1.82) is 0 Å². The highest BCUT2D eigenvalue weighted by molar-refractivity contribution is 9.10. The van der Waals surface area contributed by atoms with Gasteiger partial charge < -0.3 is 5.32 Å². The number of rotatable bonds is 1. The van der Waals surface area contributed by atoms with E-state index in [0.29, 0.717) is 12.0 Å². The van der Waals surface area contributed by atoms with E-state index in [1.165, 1.54) is 11.1 Å².